The van der Waals surface area contributed by atoms with Gasteiger partial charge in [-0.2, -0.15) is 0 Å². The maximum Gasteiger partial charge on any atom is 0.410 e. The monoisotopic (exact) mass is 254 g/mol. The molecule has 0 spiro atoms. The molecule has 0 aromatic heterocycles. The fraction of sp³-hybridized carbons (Fsp3) is 0.273. The molecule has 0 bridgehead atoms. The second kappa shape index (κ2) is 5.05. The van der Waals surface area contributed by atoms with Gasteiger partial charge in [-0.25, -0.2) is 4.79 Å². The Kier molecular flexibility index (Phi) is 3.49. The number of anilines is 1. The minimum atomic E-state index is -0.448. The van der Waals surface area contributed by atoms with Crippen LogP contribution in [0.15, 0.2) is 24.3 Å². The predicted molar refractivity (Wildman–Crippen MR) is 63.0 cm³/mol. The van der Waals surface area contributed by atoms with Gasteiger partial charge >= 0.3 is 6.09 Å². The molecule has 1 aromatic carbocycles. The van der Waals surface area contributed by atoms with Crippen LogP contribution in [0.4, 0.5) is 10.5 Å². The molecule has 6 heteroatoms. The SMILES string of the molecule is O=C(CN1CCOC1=O)Nc1ccc(Cl)cc1. The first-order valence-corrected chi connectivity index (χ1v) is 5.50. The molecule has 1 saturated heterocycles. The highest BCUT2D eigenvalue weighted by atomic mass is 35.5. The fourth-order valence-corrected chi connectivity index (χ4v) is 1.60. The van der Waals surface area contributed by atoms with Gasteiger partial charge in [-0.15, -0.1) is 0 Å². The van der Waals surface area contributed by atoms with Crippen LogP contribution in [0, 0.1) is 0 Å². The molecule has 0 unspecified atom stereocenters. The van der Waals surface area contributed by atoms with Gasteiger partial charge in [0.1, 0.15) is 13.2 Å². The normalized spacial score (nSPS) is 14.6. The lowest BCUT2D eigenvalue weighted by molar-refractivity contribution is -0.116. The third-order valence-electron chi connectivity index (χ3n) is 2.31. The van der Waals surface area contributed by atoms with Gasteiger partial charge in [0, 0.05) is 10.7 Å². The van der Waals surface area contributed by atoms with Crippen LogP contribution in [0.2, 0.25) is 5.02 Å². The number of nitrogens with one attached hydrogen (secondary N) is 1. The number of rotatable bonds is 3. The topological polar surface area (TPSA) is 58.6 Å². The first-order valence-electron chi connectivity index (χ1n) is 5.12. The molecule has 0 aliphatic carbocycles. The molecule has 1 aromatic rings. The van der Waals surface area contributed by atoms with Gasteiger partial charge in [-0.05, 0) is 24.3 Å². The lowest BCUT2D eigenvalue weighted by atomic mass is 10.3. The van der Waals surface area contributed by atoms with E-state index in [9.17, 15) is 9.59 Å². The number of carbonyl (C=O) groups is 2. The summed E-state index contributed by atoms with van der Waals surface area (Å²) in [5, 5.41) is 3.27. The van der Waals surface area contributed by atoms with Gasteiger partial charge in [0.15, 0.2) is 0 Å². The Morgan fingerprint density at radius 2 is 2.12 bits per heavy atom. The summed E-state index contributed by atoms with van der Waals surface area (Å²) in [4.78, 5) is 24.1. The maximum atomic E-state index is 11.6. The Labute approximate surface area is 103 Å². The second-order valence-electron chi connectivity index (χ2n) is 3.59. The third kappa shape index (κ3) is 3.10. The first-order chi connectivity index (χ1) is 8.15. The van der Waals surface area contributed by atoms with Crippen LogP contribution in [0.1, 0.15) is 0 Å². The van der Waals surface area contributed by atoms with Crippen LogP contribution in [-0.2, 0) is 9.53 Å². The Balaban J connectivity index is 1.88. The number of benzene rings is 1. The number of hydrogen-bond donors (Lipinski definition) is 1. The highest BCUT2D eigenvalue weighted by molar-refractivity contribution is 6.30. The summed E-state index contributed by atoms with van der Waals surface area (Å²) in [5.74, 6) is -0.258. The van der Waals surface area contributed by atoms with E-state index in [1.54, 1.807) is 24.3 Å². The first kappa shape index (κ1) is 11.7. The van der Waals surface area contributed by atoms with E-state index in [1.807, 2.05) is 0 Å². The number of hydrogen-bond acceptors (Lipinski definition) is 3. The standard InChI is InChI=1S/C11H11ClN2O3/c12-8-1-3-9(4-2-8)13-10(15)7-14-5-6-17-11(14)16/h1-4H,5-7H2,(H,13,15). The van der Waals surface area contributed by atoms with Crippen molar-refractivity contribution in [2.24, 2.45) is 0 Å². The van der Waals surface area contributed by atoms with E-state index < -0.39 is 6.09 Å². The van der Waals surface area contributed by atoms with E-state index in [-0.39, 0.29) is 12.5 Å². The molecule has 0 saturated carbocycles. The van der Waals surface area contributed by atoms with E-state index in [0.29, 0.717) is 23.9 Å². The van der Waals surface area contributed by atoms with Gasteiger partial charge in [0.05, 0.1) is 6.54 Å². The average Bonchev–Trinajstić information content (AvgIpc) is 2.68. The Hall–Kier alpha value is -1.75. The summed E-state index contributed by atoms with van der Waals surface area (Å²) in [5.41, 5.74) is 0.645. The zero-order valence-corrected chi connectivity index (χ0v) is 9.74. The third-order valence-corrected chi connectivity index (χ3v) is 2.56. The molecule has 17 heavy (non-hydrogen) atoms. The zero-order chi connectivity index (χ0) is 12.3. The van der Waals surface area contributed by atoms with Crippen molar-refractivity contribution in [2.75, 3.05) is 25.0 Å². The maximum absolute atomic E-state index is 11.6. The van der Waals surface area contributed by atoms with Gasteiger partial charge in [-0.1, -0.05) is 11.6 Å². The number of carbonyl (C=O) groups excluding carboxylic acids is 2. The van der Waals surface area contributed by atoms with Crippen molar-refractivity contribution >= 4 is 29.3 Å². The van der Waals surface area contributed by atoms with Gasteiger partial charge in [-0.3, -0.25) is 9.69 Å². The Morgan fingerprint density at radius 1 is 1.41 bits per heavy atom. The predicted octanol–water partition coefficient (Wildman–Crippen LogP) is 1.73. The number of halogens is 1. The molecule has 90 valence electrons. The number of cyclic esters (lactones) is 1. The van der Waals surface area contributed by atoms with Crippen molar-refractivity contribution in [1.82, 2.24) is 4.90 Å². The van der Waals surface area contributed by atoms with Crippen LogP contribution >= 0.6 is 11.6 Å². The molecule has 1 heterocycles. The van der Waals surface area contributed by atoms with Gasteiger partial charge in [0.25, 0.3) is 0 Å². The molecule has 0 atom stereocenters. The fourth-order valence-electron chi connectivity index (χ4n) is 1.48. The molecule has 1 fully saturated rings. The highest BCUT2D eigenvalue weighted by Gasteiger charge is 2.23. The van der Waals surface area contributed by atoms with E-state index in [2.05, 4.69) is 5.32 Å². The van der Waals surface area contributed by atoms with E-state index in [0.717, 1.165) is 0 Å². The van der Waals surface area contributed by atoms with Crippen molar-refractivity contribution in [1.29, 1.82) is 0 Å². The van der Waals surface area contributed by atoms with Crippen molar-refractivity contribution in [3.05, 3.63) is 29.3 Å². The van der Waals surface area contributed by atoms with E-state index >= 15 is 0 Å². The summed E-state index contributed by atoms with van der Waals surface area (Å²) in [6.45, 7) is 0.793. The zero-order valence-electron chi connectivity index (χ0n) is 8.98. The quantitative estimate of drug-likeness (QED) is 0.894. The molecule has 2 rings (SSSR count). The molecule has 1 N–H and O–H groups in total. The van der Waals surface area contributed by atoms with Gasteiger partial charge in [0.2, 0.25) is 5.91 Å². The van der Waals surface area contributed by atoms with Crippen LogP contribution in [-0.4, -0.2) is 36.6 Å². The van der Waals surface area contributed by atoms with Crippen LogP contribution < -0.4 is 5.32 Å². The average molecular weight is 255 g/mol. The van der Waals surface area contributed by atoms with Crippen molar-refractivity contribution < 1.29 is 14.3 Å². The minimum Gasteiger partial charge on any atom is -0.448 e. The second-order valence-corrected chi connectivity index (χ2v) is 4.03. The van der Waals surface area contributed by atoms with Crippen LogP contribution in [0.3, 0.4) is 0 Å². The minimum absolute atomic E-state index is 0.00145. The Bertz CT molecular complexity index is 433. The summed E-state index contributed by atoms with van der Waals surface area (Å²) < 4.78 is 4.72. The molecule has 5 nitrogen and oxygen atoms in total. The lowest BCUT2D eigenvalue weighted by Gasteiger charge is -2.12. The van der Waals surface area contributed by atoms with Gasteiger partial charge < -0.3 is 10.1 Å². The van der Waals surface area contributed by atoms with Crippen molar-refractivity contribution in [2.45, 2.75) is 0 Å². The van der Waals surface area contributed by atoms with E-state index in [1.165, 1.54) is 4.90 Å². The summed E-state index contributed by atoms with van der Waals surface area (Å²) >= 11 is 5.72. The Morgan fingerprint density at radius 3 is 2.71 bits per heavy atom. The number of ether oxygens (including phenoxy) is 1. The van der Waals surface area contributed by atoms with Crippen molar-refractivity contribution in [3.8, 4) is 0 Å². The molecule has 0 radical (unpaired) electrons. The summed E-state index contributed by atoms with van der Waals surface area (Å²) in [6, 6.07) is 6.76. The van der Waals surface area contributed by atoms with Crippen LogP contribution in [0.25, 0.3) is 0 Å². The van der Waals surface area contributed by atoms with E-state index in [4.69, 9.17) is 16.3 Å². The largest absolute Gasteiger partial charge is 0.448 e. The molecular formula is C11H11ClN2O3. The molecule has 1 aliphatic rings. The van der Waals surface area contributed by atoms with Crippen LogP contribution in [0.5, 0.6) is 0 Å². The number of amides is 2. The lowest BCUT2D eigenvalue weighted by Crippen LogP contribution is -2.33. The van der Waals surface area contributed by atoms with Crippen molar-refractivity contribution in [3.63, 3.8) is 0 Å². The highest BCUT2D eigenvalue weighted by Crippen LogP contribution is 2.13. The summed E-state index contributed by atoms with van der Waals surface area (Å²) in [6.07, 6.45) is -0.448. The molecule has 2 amide bonds. The number of nitrogens with zero attached hydrogens (tertiary/aromatic N) is 1. The molecule has 1 aliphatic heterocycles. The smallest absolute Gasteiger partial charge is 0.410 e. The molecular weight excluding hydrogens is 244 g/mol. The summed E-state index contributed by atoms with van der Waals surface area (Å²) in [7, 11) is 0.